The molecule has 0 aliphatic carbocycles. The number of anilines is 1. The molecule has 3 aromatic carbocycles. The van der Waals surface area contributed by atoms with E-state index in [4.69, 9.17) is 13.9 Å². The average Bonchev–Trinajstić information content (AvgIpc) is 3.21. The van der Waals surface area contributed by atoms with Crippen LogP contribution in [0.2, 0.25) is 0 Å². The molecule has 0 aliphatic heterocycles. The Hall–Kier alpha value is -3.80. The zero-order valence-electron chi connectivity index (χ0n) is 19.6. The Bertz CT molecular complexity index is 1280. The van der Waals surface area contributed by atoms with Crippen molar-refractivity contribution < 1.29 is 18.7 Å². The topological polar surface area (TPSA) is 73.6 Å². The molecule has 0 atom stereocenters. The summed E-state index contributed by atoms with van der Waals surface area (Å²) in [5.74, 6) is 1.62. The highest BCUT2D eigenvalue weighted by molar-refractivity contribution is 5.93. The number of hydrogen-bond donors (Lipinski definition) is 1. The minimum atomic E-state index is -0.238. The van der Waals surface area contributed by atoms with Gasteiger partial charge in [0.25, 0.3) is 5.91 Å². The third-order valence-electron chi connectivity index (χ3n) is 5.52. The smallest absolute Gasteiger partial charge is 0.262 e. The fourth-order valence-corrected chi connectivity index (χ4v) is 3.54. The Kier molecular flexibility index (Phi) is 6.09. The van der Waals surface area contributed by atoms with Crippen molar-refractivity contribution >= 4 is 22.7 Å². The van der Waals surface area contributed by atoms with E-state index in [1.165, 1.54) is 5.56 Å². The quantitative estimate of drug-likeness (QED) is 0.387. The van der Waals surface area contributed by atoms with Gasteiger partial charge in [0.1, 0.15) is 17.0 Å². The van der Waals surface area contributed by atoms with Gasteiger partial charge in [0.05, 0.1) is 7.11 Å². The molecule has 4 rings (SSSR count). The molecule has 0 bridgehead atoms. The fraction of sp³-hybridized carbons (Fsp3) is 0.259. The van der Waals surface area contributed by atoms with Gasteiger partial charge >= 0.3 is 0 Å². The highest BCUT2D eigenvalue weighted by Crippen LogP contribution is 2.31. The van der Waals surface area contributed by atoms with Crippen molar-refractivity contribution in [2.45, 2.75) is 33.1 Å². The number of oxazole rings is 1. The first-order chi connectivity index (χ1) is 15.7. The van der Waals surface area contributed by atoms with E-state index in [1.807, 2.05) is 67.6 Å². The van der Waals surface area contributed by atoms with Crippen molar-refractivity contribution in [3.05, 3.63) is 71.8 Å². The second-order valence-corrected chi connectivity index (χ2v) is 8.94. The molecule has 6 nitrogen and oxygen atoms in total. The van der Waals surface area contributed by atoms with Crippen LogP contribution in [0.25, 0.3) is 22.6 Å². The SMILES string of the molecule is COc1ccc2oc(-c3cccc(NC(=O)COc4ccc(C(C)(C)C)cc4)c3C)nc2c1. The molecule has 0 saturated carbocycles. The molecule has 0 spiro atoms. The van der Waals surface area contributed by atoms with Crippen LogP contribution in [0.3, 0.4) is 0 Å². The van der Waals surface area contributed by atoms with E-state index in [0.717, 1.165) is 11.1 Å². The van der Waals surface area contributed by atoms with Crippen LogP contribution in [-0.2, 0) is 10.2 Å². The van der Waals surface area contributed by atoms with Crippen LogP contribution in [0.15, 0.2) is 65.1 Å². The Morgan fingerprint density at radius 1 is 1.03 bits per heavy atom. The van der Waals surface area contributed by atoms with Gasteiger partial charge in [-0.15, -0.1) is 0 Å². The summed E-state index contributed by atoms with van der Waals surface area (Å²) in [7, 11) is 1.61. The van der Waals surface area contributed by atoms with E-state index in [9.17, 15) is 4.79 Å². The van der Waals surface area contributed by atoms with E-state index in [0.29, 0.717) is 34.2 Å². The van der Waals surface area contributed by atoms with E-state index in [-0.39, 0.29) is 17.9 Å². The molecule has 0 aliphatic rings. The van der Waals surface area contributed by atoms with Crippen molar-refractivity contribution in [3.8, 4) is 23.0 Å². The van der Waals surface area contributed by atoms with Crippen LogP contribution in [0, 0.1) is 6.92 Å². The van der Waals surface area contributed by atoms with Gasteiger partial charge in [-0.3, -0.25) is 4.79 Å². The van der Waals surface area contributed by atoms with Gasteiger partial charge in [-0.1, -0.05) is 39.0 Å². The lowest BCUT2D eigenvalue weighted by Gasteiger charge is -2.19. The van der Waals surface area contributed by atoms with E-state index in [1.54, 1.807) is 7.11 Å². The largest absolute Gasteiger partial charge is 0.497 e. The number of amides is 1. The van der Waals surface area contributed by atoms with E-state index < -0.39 is 0 Å². The predicted octanol–water partition coefficient (Wildman–Crippen LogP) is 6.13. The minimum absolute atomic E-state index is 0.0687. The molecule has 6 heteroatoms. The van der Waals surface area contributed by atoms with Gasteiger partial charge in [-0.25, -0.2) is 4.98 Å². The summed E-state index contributed by atoms with van der Waals surface area (Å²) in [5, 5.41) is 2.92. The summed E-state index contributed by atoms with van der Waals surface area (Å²) >= 11 is 0. The highest BCUT2D eigenvalue weighted by Gasteiger charge is 2.16. The number of nitrogens with one attached hydrogen (secondary N) is 1. The first-order valence-electron chi connectivity index (χ1n) is 10.8. The molecule has 0 saturated heterocycles. The molecular weight excluding hydrogens is 416 g/mol. The lowest BCUT2D eigenvalue weighted by atomic mass is 9.87. The van der Waals surface area contributed by atoms with Gasteiger partial charge in [0, 0.05) is 17.3 Å². The molecule has 1 heterocycles. The molecule has 1 aromatic heterocycles. The van der Waals surface area contributed by atoms with Crippen LogP contribution in [0.4, 0.5) is 5.69 Å². The fourth-order valence-electron chi connectivity index (χ4n) is 3.54. The van der Waals surface area contributed by atoms with Crippen LogP contribution < -0.4 is 14.8 Å². The number of carbonyl (C=O) groups excluding carboxylic acids is 1. The van der Waals surface area contributed by atoms with Gasteiger partial charge in [-0.2, -0.15) is 0 Å². The number of hydrogen-bond acceptors (Lipinski definition) is 5. The number of aromatic nitrogens is 1. The lowest BCUT2D eigenvalue weighted by Crippen LogP contribution is -2.20. The van der Waals surface area contributed by atoms with E-state index >= 15 is 0 Å². The zero-order chi connectivity index (χ0) is 23.6. The molecule has 0 fully saturated rings. The summed E-state index contributed by atoms with van der Waals surface area (Å²) in [6.45, 7) is 8.31. The molecule has 1 amide bonds. The Morgan fingerprint density at radius 3 is 2.45 bits per heavy atom. The Balaban J connectivity index is 1.46. The summed E-state index contributed by atoms with van der Waals surface area (Å²) in [4.78, 5) is 17.1. The first-order valence-corrected chi connectivity index (χ1v) is 10.8. The highest BCUT2D eigenvalue weighted by atomic mass is 16.5. The van der Waals surface area contributed by atoms with Crippen LogP contribution in [0.5, 0.6) is 11.5 Å². The Morgan fingerprint density at radius 2 is 1.76 bits per heavy atom. The van der Waals surface area contributed by atoms with E-state index in [2.05, 4.69) is 31.1 Å². The number of fused-ring (bicyclic) bond motifs is 1. The number of benzene rings is 3. The van der Waals surface area contributed by atoms with Gasteiger partial charge in [0.15, 0.2) is 12.2 Å². The van der Waals surface area contributed by atoms with Crippen LogP contribution >= 0.6 is 0 Å². The van der Waals surface area contributed by atoms with Crippen molar-refractivity contribution in [1.82, 2.24) is 4.98 Å². The number of rotatable bonds is 6. The number of carbonyl (C=O) groups is 1. The number of methoxy groups -OCH3 is 1. The standard InChI is InChI=1S/C27H28N2O4/c1-17-21(26-29-23-15-20(31-5)13-14-24(23)33-26)7-6-8-22(17)28-25(30)16-32-19-11-9-18(10-12-19)27(2,3)4/h6-15H,16H2,1-5H3,(H,28,30). The minimum Gasteiger partial charge on any atom is -0.497 e. The van der Waals surface area contributed by atoms with Gasteiger partial charge in [0.2, 0.25) is 5.89 Å². The Labute approximate surface area is 193 Å². The first kappa shape index (κ1) is 22.4. The molecule has 0 unspecified atom stereocenters. The van der Waals surface area contributed by atoms with Gasteiger partial charge in [-0.05, 0) is 59.9 Å². The molecule has 1 N–H and O–H groups in total. The van der Waals surface area contributed by atoms with Gasteiger partial charge < -0.3 is 19.2 Å². The molecular formula is C27H28N2O4. The predicted molar refractivity (Wildman–Crippen MR) is 130 cm³/mol. The lowest BCUT2D eigenvalue weighted by molar-refractivity contribution is -0.118. The second-order valence-electron chi connectivity index (χ2n) is 8.94. The molecule has 33 heavy (non-hydrogen) atoms. The molecule has 0 radical (unpaired) electrons. The summed E-state index contributed by atoms with van der Waals surface area (Å²) < 4.78 is 16.9. The van der Waals surface area contributed by atoms with Crippen molar-refractivity contribution in [2.24, 2.45) is 0 Å². The molecule has 170 valence electrons. The average molecular weight is 445 g/mol. The van der Waals surface area contributed by atoms with Crippen LogP contribution in [0.1, 0.15) is 31.9 Å². The van der Waals surface area contributed by atoms with Crippen molar-refractivity contribution in [1.29, 1.82) is 0 Å². The zero-order valence-corrected chi connectivity index (χ0v) is 19.6. The van der Waals surface area contributed by atoms with Crippen LogP contribution in [-0.4, -0.2) is 24.6 Å². The van der Waals surface area contributed by atoms with Crippen molar-refractivity contribution in [2.75, 3.05) is 19.0 Å². The molecule has 4 aromatic rings. The third-order valence-corrected chi connectivity index (χ3v) is 5.52. The monoisotopic (exact) mass is 444 g/mol. The third kappa shape index (κ3) is 5.00. The maximum absolute atomic E-state index is 12.5. The number of nitrogens with zero attached hydrogens (tertiary/aromatic N) is 1. The summed E-state index contributed by atoms with van der Waals surface area (Å²) in [6, 6.07) is 18.9. The summed E-state index contributed by atoms with van der Waals surface area (Å²) in [5.41, 5.74) is 5.02. The maximum atomic E-state index is 12.5. The summed E-state index contributed by atoms with van der Waals surface area (Å²) in [6.07, 6.45) is 0. The maximum Gasteiger partial charge on any atom is 0.262 e. The normalized spacial score (nSPS) is 11.4. The van der Waals surface area contributed by atoms with Crippen molar-refractivity contribution in [3.63, 3.8) is 0 Å². The second kappa shape index (κ2) is 8.98. The number of ether oxygens (including phenoxy) is 2.